The number of carbonyl (C=O) groups excluding carboxylic acids is 1. The second kappa shape index (κ2) is 7.68. The molecule has 0 unspecified atom stereocenters. The van der Waals surface area contributed by atoms with Gasteiger partial charge in [-0.05, 0) is 30.5 Å². The van der Waals surface area contributed by atoms with Crippen molar-refractivity contribution in [3.05, 3.63) is 29.8 Å². The quantitative estimate of drug-likeness (QED) is 0.697. The number of hydrogen-bond acceptors (Lipinski definition) is 3. The summed E-state index contributed by atoms with van der Waals surface area (Å²) in [5.74, 6) is 0.896. The van der Waals surface area contributed by atoms with Crippen LogP contribution in [0.2, 0.25) is 0 Å². The van der Waals surface area contributed by atoms with Crippen molar-refractivity contribution < 1.29 is 9.53 Å². The third-order valence-corrected chi connectivity index (χ3v) is 2.49. The minimum atomic E-state index is 0.0298. The van der Waals surface area contributed by atoms with Gasteiger partial charge in [0.1, 0.15) is 5.75 Å². The van der Waals surface area contributed by atoms with E-state index in [1.165, 1.54) is 5.56 Å². The Kier molecular flexibility index (Phi) is 6.10. The van der Waals surface area contributed by atoms with E-state index in [0.29, 0.717) is 19.5 Å². The molecule has 17 heavy (non-hydrogen) atoms. The third-order valence-electron chi connectivity index (χ3n) is 2.49. The van der Waals surface area contributed by atoms with Gasteiger partial charge in [-0.25, -0.2) is 0 Å². The van der Waals surface area contributed by atoms with Crippen molar-refractivity contribution in [1.29, 1.82) is 0 Å². The average molecular weight is 236 g/mol. The number of nitrogens with one attached hydrogen (secondary N) is 1. The van der Waals surface area contributed by atoms with Gasteiger partial charge in [0.05, 0.1) is 7.11 Å². The van der Waals surface area contributed by atoms with E-state index in [2.05, 4.69) is 5.32 Å². The highest BCUT2D eigenvalue weighted by molar-refractivity contribution is 5.75. The van der Waals surface area contributed by atoms with E-state index in [-0.39, 0.29) is 5.91 Å². The zero-order valence-electron chi connectivity index (χ0n) is 10.2. The van der Waals surface area contributed by atoms with Crippen molar-refractivity contribution in [2.24, 2.45) is 5.73 Å². The predicted molar refractivity (Wildman–Crippen MR) is 68.0 cm³/mol. The summed E-state index contributed by atoms with van der Waals surface area (Å²) >= 11 is 0. The zero-order chi connectivity index (χ0) is 12.5. The average Bonchev–Trinajstić information content (AvgIpc) is 2.36. The predicted octanol–water partition coefficient (Wildman–Crippen LogP) is 1.09. The Bertz CT molecular complexity index is 336. The summed E-state index contributed by atoms with van der Waals surface area (Å²) in [6.45, 7) is 1.11. The van der Waals surface area contributed by atoms with Gasteiger partial charge < -0.3 is 15.8 Å². The van der Waals surface area contributed by atoms with E-state index in [9.17, 15) is 4.79 Å². The first-order valence-corrected chi connectivity index (χ1v) is 5.86. The SMILES string of the molecule is COc1ccc(CCCNC(=O)CCN)cc1. The van der Waals surface area contributed by atoms with Crippen LogP contribution in [0.4, 0.5) is 0 Å². The molecule has 0 aliphatic heterocycles. The number of ether oxygens (including phenoxy) is 1. The second-order valence-electron chi connectivity index (χ2n) is 3.84. The number of nitrogens with two attached hydrogens (primary N) is 1. The first kappa shape index (κ1) is 13.5. The van der Waals surface area contributed by atoms with Gasteiger partial charge in [-0.1, -0.05) is 12.1 Å². The van der Waals surface area contributed by atoms with Gasteiger partial charge in [0.25, 0.3) is 0 Å². The van der Waals surface area contributed by atoms with Crippen molar-refractivity contribution in [3.8, 4) is 5.75 Å². The van der Waals surface area contributed by atoms with E-state index in [4.69, 9.17) is 10.5 Å². The number of benzene rings is 1. The summed E-state index contributed by atoms with van der Waals surface area (Å²) in [6.07, 6.45) is 2.29. The van der Waals surface area contributed by atoms with Gasteiger partial charge in [0.2, 0.25) is 5.91 Å². The first-order valence-electron chi connectivity index (χ1n) is 5.86. The summed E-state index contributed by atoms with van der Waals surface area (Å²) < 4.78 is 5.08. The summed E-state index contributed by atoms with van der Waals surface area (Å²) in [5, 5.41) is 2.83. The molecule has 94 valence electrons. The van der Waals surface area contributed by atoms with E-state index in [1.807, 2.05) is 24.3 Å². The molecule has 3 N–H and O–H groups in total. The third kappa shape index (κ3) is 5.36. The van der Waals surface area contributed by atoms with Crippen LogP contribution in [0.3, 0.4) is 0 Å². The number of hydrogen-bond donors (Lipinski definition) is 2. The Hall–Kier alpha value is -1.55. The lowest BCUT2D eigenvalue weighted by Crippen LogP contribution is -2.26. The highest BCUT2D eigenvalue weighted by Crippen LogP contribution is 2.12. The molecule has 0 aliphatic carbocycles. The number of aryl methyl sites for hydroxylation is 1. The van der Waals surface area contributed by atoms with Crippen LogP contribution in [-0.4, -0.2) is 26.1 Å². The molecule has 0 bridgehead atoms. The van der Waals surface area contributed by atoms with Gasteiger partial charge in [0.15, 0.2) is 0 Å². The van der Waals surface area contributed by atoms with Crippen LogP contribution < -0.4 is 15.8 Å². The number of methoxy groups -OCH3 is 1. The maximum absolute atomic E-state index is 11.1. The van der Waals surface area contributed by atoms with Crippen LogP contribution in [-0.2, 0) is 11.2 Å². The molecule has 1 rings (SSSR count). The standard InChI is InChI=1S/C13H20N2O2/c1-17-12-6-4-11(5-7-12)3-2-10-15-13(16)8-9-14/h4-7H,2-3,8-10,14H2,1H3,(H,15,16). The molecular weight excluding hydrogens is 216 g/mol. The van der Waals surface area contributed by atoms with Crippen LogP contribution in [0.1, 0.15) is 18.4 Å². The lowest BCUT2D eigenvalue weighted by Gasteiger charge is -2.05. The number of amides is 1. The number of carbonyl (C=O) groups is 1. The smallest absolute Gasteiger partial charge is 0.221 e. The maximum Gasteiger partial charge on any atom is 0.221 e. The van der Waals surface area contributed by atoms with Crippen LogP contribution in [0.15, 0.2) is 24.3 Å². The Morgan fingerprint density at radius 1 is 1.35 bits per heavy atom. The summed E-state index contributed by atoms with van der Waals surface area (Å²) in [4.78, 5) is 11.1. The van der Waals surface area contributed by atoms with Crippen molar-refractivity contribution >= 4 is 5.91 Å². The molecule has 4 nitrogen and oxygen atoms in total. The topological polar surface area (TPSA) is 64.3 Å². The Morgan fingerprint density at radius 3 is 2.65 bits per heavy atom. The lowest BCUT2D eigenvalue weighted by molar-refractivity contribution is -0.120. The normalized spacial score (nSPS) is 10.0. The zero-order valence-corrected chi connectivity index (χ0v) is 10.2. The van der Waals surface area contributed by atoms with Crippen LogP contribution in [0, 0.1) is 0 Å². The monoisotopic (exact) mass is 236 g/mol. The molecule has 0 fully saturated rings. The largest absolute Gasteiger partial charge is 0.497 e. The molecule has 0 aromatic heterocycles. The molecule has 0 saturated carbocycles. The molecule has 0 radical (unpaired) electrons. The summed E-state index contributed by atoms with van der Waals surface area (Å²) in [7, 11) is 1.65. The Balaban J connectivity index is 2.19. The molecule has 1 aromatic rings. The van der Waals surface area contributed by atoms with Crippen molar-refractivity contribution in [1.82, 2.24) is 5.32 Å². The molecular formula is C13H20N2O2. The summed E-state index contributed by atoms with van der Waals surface area (Å²) in [5.41, 5.74) is 6.53. The van der Waals surface area contributed by atoms with E-state index < -0.39 is 0 Å². The van der Waals surface area contributed by atoms with Gasteiger partial charge >= 0.3 is 0 Å². The Morgan fingerprint density at radius 2 is 2.06 bits per heavy atom. The minimum Gasteiger partial charge on any atom is -0.497 e. The molecule has 1 aromatic carbocycles. The second-order valence-corrected chi connectivity index (χ2v) is 3.84. The first-order chi connectivity index (χ1) is 8.26. The molecule has 1 amide bonds. The highest BCUT2D eigenvalue weighted by Gasteiger charge is 1.98. The molecule has 0 spiro atoms. The van der Waals surface area contributed by atoms with Crippen molar-refractivity contribution in [2.45, 2.75) is 19.3 Å². The lowest BCUT2D eigenvalue weighted by atomic mass is 10.1. The van der Waals surface area contributed by atoms with Crippen LogP contribution >= 0.6 is 0 Å². The molecule has 0 saturated heterocycles. The Labute approximate surface area is 102 Å². The molecule has 0 atom stereocenters. The molecule has 0 aliphatic rings. The van der Waals surface area contributed by atoms with E-state index in [0.717, 1.165) is 18.6 Å². The van der Waals surface area contributed by atoms with Gasteiger partial charge in [-0.15, -0.1) is 0 Å². The maximum atomic E-state index is 11.1. The molecule has 4 heteroatoms. The van der Waals surface area contributed by atoms with Gasteiger partial charge in [0, 0.05) is 19.5 Å². The highest BCUT2D eigenvalue weighted by atomic mass is 16.5. The number of rotatable bonds is 7. The van der Waals surface area contributed by atoms with Crippen LogP contribution in [0.5, 0.6) is 5.75 Å². The van der Waals surface area contributed by atoms with Gasteiger partial charge in [-0.3, -0.25) is 4.79 Å². The van der Waals surface area contributed by atoms with Crippen molar-refractivity contribution in [3.63, 3.8) is 0 Å². The molecule has 0 heterocycles. The fourth-order valence-electron chi connectivity index (χ4n) is 1.53. The van der Waals surface area contributed by atoms with Crippen LogP contribution in [0.25, 0.3) is 0 Å². The van der Waals surface area contributed by atoms with Gasteiger partial charge in [-0.2, -0.15) is 0 Å². The minimum absolute atomic E-state index is 0.0298. The van der Waals surface area contributed by atoms with E-state index >= 15 is 0 Å². The van der Waals surface area contributed by atoms with E-state index in [1.54, 1.807) is 7.11 Å². The summed E-state index contributed by atoms with van der Waals surface area (Å²) in [6, 6.07) is 7.98. The fraction of sp³-hybridized carbons (Fsp3) is 0.462. The fourth-order valence-corrected chi connectivity index (χ4v) is 1.53. The van der Waals surface area contributed by atoms with Crippen molar-refractivity contribution in [2.75, 3.05) is 20.2 Å².